The van der Waals surface area contributed by atoms with Gasteiger partial charge in [-0.15, -0.1) is 0 Å². The smallest absolute Gasteiger partial charge is 0.0578 e. The zero-order valence-electron chi connectivity index (χ0n) is 10.3. The van der Waals surface area contributed by atoms with Crippen molar-refractivity contribution in [3.05, 3.63) is 58.6 Å². The van der Waals surface area contributed by atoms with Crippen molar-refractivity contribution in [2.75, 3.05) is 6.54 Å². The normalized spacial score (nSPS) is 12.3. The molecular formula is C14H16BrN3. The molecule has 0 saturated carbocycles. The summed E-state index contributed by atoms with van der Waals surface area (Å²) in [5.74, 6) is 0. The SMILES string of the molecule is CCNC(Cc1ccccn1)c1ccc(Br)cn1. The number of likely N-dealkylation sites (N-methyl/N-ethyl adjacent to an activating group) is 1. The van der Waals surface area contributed by atoms with Gasteiger partial charge in [0, 0.05) is 29.0 Å². The van der Waals surface area contributed by atoms with Gasteiger partial charge in [-0.2, -0.15) is 0 Å². The van der Waals surface area contributed by atoms with Crippen molar-refractivity contribution >= 4 is 15.9 Å². The maximum absolute atomic E-state index is 4.46. The van der Waals surface area contributed by atoms with Crippen LogP contribution in [0.2, 0.25) is 0 Å². The summed E-state index contributed by atoms with van der Waals surface area (Å²) in [6.07, 6.45) is 4.51. The number of hydrogen-bond acceptors (Lipinski definition) is 3. The lowest BCUT2D eigenvalue weighted by Crippen LogP contribution is -2.24. The zero-order chi connectivity index (χ0) is 12.8. The third kappa shape index (κ3) is 3.62. The Kier molecular flexibility index (Phi) is 4.84. The van der Waals surface area contributed by atoms with E-state index in [-0.39, 0.29) is 6.04 Å². The minimum Gasteiger partial charge on any atom is -0.309 e. The highest BCUT2D eigenvalue weighted by Crippen LogP contribution is 2.17. The van der Waals surface area contributed by atoms with Gasteiger partial charge in [0.05, 0.1) is 11.7 Å². The van der Waals surface area contributed by atoms with E-state index in [9.17, 15) is 0 Å². The van der Waals surface area contributed by atoms with E-state index in [1.165, 1.54) is 0 Å². The Morgan fingerprint density at radius 2 is 2.11 bits per heavy atom. The van der Waals surface area contributed by atoms with Gasteiger partial charge in [-0.05, 0) is 46.7 Å². The Morgan fingerprint density at radius 1 is 1.22 bits per heavy atom. The first kappa shape index (κ1) is 13.2. The van der Waals surface area contributed by atoms with Crippen molar-refractivity contribution in [2.45, 2.75) is 19.4 Å². The van der Waals surface area contributed by atoms with Crippen molar-refractivity contribution in [1.82, 2.24) is 15.3 Å². The highest BCUT2D eigenvalue weighted by atomic mass is 79.9. The minimum atomic E-state index is 0.206. The Morgan fingerprint density at radius 3 is 2.72 bits per heavy atom. The first-order valence-electron chi connectivity index (χ1n) is 6.04. The van der Waals surface area contributed by atoms with Crippen LogP contribution in [0.1, 0.15) is 24.4 Å². The van der Waals surface area contributed by atoms with Crippen LogP contribution < -0.4 is 5.32 Å². The predicted molar refractivity (Wildman–Crippen MR) is 76.3 cm³/mol. The highest BCUT2D eigenvalue weighted by molar-refractivity contribution is 9.10. The topological polar surface area (TPSA) is 37.8 Å². The highest BCUT2D eigenvalue weighted by Gasteiger charge is 2.12. The molecule has 2 heterocycles. The molecule has 0 radical (unpaired) electrons. The molecular weight excluding hydrogens is 290 g/mol. The van der Waals surface area contributed by atoms with E-state index in [1.54, 1.807) is 0 Å². The number of rotatable bonds is 5. The van der Waals surface area contributed by atoms with Gasteiger partial charge in [0.1, 0.15) is 0 Å². The van der Waals surface area contributed by atoms with Gasteiger partial charge >= 0.3 is 0 Å². The van der Waals surface area contributed by atoms with Crippen molar-refractivity contribution in [3.63, 3.8) is 0 Å². The molecule has 0 spiro atoms. The first-order chi connectivity index (χ1) is 8.79. The summed E-state index contributed by atoms with van der Waals surface area (Å²) in [4.78, 5) is 8.82. The third-order valence-corrected chi connectivity index (χ3v) is 3.17. The molecule has 0 aliphatic carbocycles. The molecule has 1 unspecified atom stereocenters. The molecule has 2 aromatic heterocycles. The van der Waals surface area contributed by atoms with E-state index in [0.29, 0.717) is 0 Å². The van der Waals surface area contributed by atoms with E-state index < -0.39 is 0 Å². The Bertz CT molecular complexity index is 470. The number of hydrogen-bond donors (Lipinski definition) is 1. The average Bonchev–Trinajstić information content (AvgIpc) is 2.40. The second-order valence-corrected chi connectivity index (χ2v) is 4.95. The molecule has 94 valence electrons. The van der Waals surface area contributed by atoms with Crippen LogP contribution in [0.5, 0.6) is 0 Å². The molecule has 1 atom stereocenters. The number of halogens is 1. The lowest BCUT2D eigenvalue weighted by molar-refractivity contribution is 0.531. The van der Waals surface area contributed by atoms with Crippen LogP contribution in [-0.4, -0.2) is 16.5 Å². The molecule has 4 heteroatoms. The van der Waals surface area contributed by atoms with Crippen LogP contribution in [0, 0.1) is 0 Å². The maximum atomic E-state index is 4.46. The number of aromatic nitrogens is 2. The summed E-state index contributed by atoms with van der Waals surface area (Å²) in [6, 6.07) is 10.3. The van der Waals surface area contributed by atoms with Crippen LogP contribution in [0.4, 0.5) is 0 Å². The van der Waals surface area contributed by atoms with Gasteiger partial charge in [0.15, 0.2) is 0 Å². The number of nitrogens with one attached hydrogen (secondary N) is 1. The molecule has 0 fully saturated rings. The van der Waals surface area contributed by atoms with Gasteiger partial charge in [-0.1, -0.05) is 13.0 Å². The molecule has 0 aliphatic heterocycles. The lowest BCUT2D eigenvalue weighted by Gasteiger charge is -2.17. The fourth-order valence-corrected chi connectivity index (χ4v) is 2.08. The summed E-state index contributed by atoms with van der Waals surface area (Å²) in [6.45, 7) is 3.01. The number of pyridine rings is 2. The second-order valence-electron chi connectivity index (χ2n) is 4.04. The fraction of sp³-hybridized carbons (Fsp3) is 0.286. The van der Waals surface area contributed by atoms with Crippen molar-refractivity contribution < 1.29 is 0 Å². The lowest BCUT2D eigenvalue weighted by atomic mass is 10.1. The summed E-state index contributed by atoms with van der Waals surface area (Å²) in [5, 5.41) is 3.45. The summed E-state index contributed by atoms with van der Waals surface area (Å²) in [7, 11) is 0. The van der Waals surface area contributed by atoms with Crippen LogP contribution in [0.3, 0.4) is 0 Å². The monoisotopic (exact) mass is 305 g/mol. The summed E-state index contributed by atoms with van der Waals surface area (Å²) >= 11 is 3.41. The van der Waals surface area contributed by atoms with Gasteiger partial charge in [0.25, 0.3) is 0 Å². The standard InChI is InChI=1S/C14H16BrN3/c1-2-16-14(9-12-5-3-4-8-17-12)13-7-6-11(15)10-18-13/h3-8,10,14,16H,2,9H2,1H3. The molecule has 1 N–H and O–H groups in total. The summed E-state index contributed by atoms with van der Waals surface area (Å²) < 4.78 is 0.999. The zero-order valence-corrected chi connectivity index (χ0v) is 11.9. The maximum Gasteiger partial charge on any atom is 0.0578 e. The van der Waals surface area contributed by atoms with Crippen LogP contribution in [-0.2, 0) is 6.42 Å². The molecule has 0 aromatic carbocycles. The van der Waals surface area contributed by atoms with E-state index >= 15 is 0 Å². The van der Waals surface area contributed by atoms with E-state index in [2.05, 4.69) is 38.1 Å². The summed E-state index contributed by atoms with van der Waals surface area (Å²) in [5.41, 5.74) is 2.12. The largest absolute Gasteiger partial charge is 0.309 e. The Hall–Kier alpha value is -1.26. The van der Waals surface area contributed by atoms with Crippen molar-refractivity contribution in [2.24, 2.45) is 0 Å². The van der Waals surface area contributed by atoms with Gasteiger partial charge in [-0.3, -0.25) is 9.97 Å². The molecule has 0 amide bonds. The minimum absolute atomic E-state index is 0.206. The van der Waals surface area contributed by atoms with E-state index in [0.717, 1.165) is 28.8 Å². The Balaban J connectivity index is 2.15. The first-order valence-corrected chi connectivity index (χ1v) is 6.83. The van der Waals surface area contributed by atoms with E-state index in [1.807, 2.05) is 42.7 Å². The molecule has 2 aromatic rings. The third-order valence-electron chi connectivity index (χ3n) is 2.70. The predicted octanol–water partition coefficient (Wildman–Crippen LogP) is 3.13. The van der Waals surface area contributed by atoms with Gasteiger partial charge < -0.3 is 5.32 Å². The van der Waals surface area contributed by atoms with E-state index in [4.69, 9.17) is 0 Å². The fourth-order valence-electron chi connectivity index (χ4n) is 1.85. The molecule has 3 nitrogen and oxygen atoms in total. The Labute approximate surface area is 116 Å². The molecule has 18 heavy (non-hydrogen) atoms. The van der Waals surface area contributed by atoms with Crippen LogP contribution in [0.25, 0.3) is 0 Å². The van der Waals surface area contributed by atoms with Crippen LogP contribution in [0.15, 0.2) is 47.2 Å². The molecule has 2 rings (SSSR count). The quantitative estimate of drug-likeness (QED) is 0.922. The average molecular weight is 306 g/mol. The molecule has 0 bridgehead atoms. The second kappa shape index (κ2) is 6.61. The van der Waals surface area contributed by atoms with Gasteiger partial charge in [0.2, 0.25) is 0 Å². The number of nitrogens with zero attached hydrogens (tertiary/aromatic N) is 2. The van der Waals surface area contributed by atoms with Gasteiger partial charge in [-0.25, -0.2) is 0 Å². The van der Waals surface area contributed by atoms with Crippen molar-refractivity contribution in [1.29, 1.82) is 0 Å². The molecule has 0 aliphatic rings. The van der Waals surface area contributed by atoms with Crippen molar-refractivity contribution in [3.8, 4) is 0 Å². The molecule has 0 saturated heterocycles. The van der Waals surface area contributed by atoms with Crippen LogP contribution >= 0.6 is 15.9 Å².